The highest BCUT2D eigenvalue weighted by Gasteiger charge is 2.24. The van der Waals surface area contributed by atoms with Crippen LogP contribution in [0.5, 0.6) is 0 Å². The van der Waals surface area contributed by atoms with Crippen molar-refractivity contribution in [2.75, 3.05) is 18.4 Å². The van der Waals surface area contributed by atoms with Crippen LogP contribution in [0.3, 0.4) is 0 Å². The molecule has 0 atom stereocenters. The largest absolute Gasteiger partial charge is 0.322 e. The quantitative estimate of drug-likeness (QED) is 0.605. The number of hydrogen-bond donors (Lipinski definition) is 1. The molecule has 1 N–H and O–H groups in total. The summed E-state index contributed by atoms with van der Waals surface area (Å²) in [4.78, 5) is 16.7. The summed E-state index contributed by atoms with van der Waals surface area (Å²) in [6.07, 6.45) is 1.71. The number of hydrogen-bond acceptors (Lipinski definition) is 5. The van der Waals surface area contributed by atoms with Gasteiger partial charge in [0, 0.05) is 35.9 Å². The molecule has 6 nitrogen and oxygen atoms in total. The van der Waals surface area contributed by atoms with E-state index in [1.54, 1.807) is 44.3 Å². The molecule has 3 aromatic rings. The molecule has 1 heterocycles. The summed E-state index contributed by atoms with van der Waals surface area (Å²) in [6.45, 7) is 3.99. The molecule has 0 spiro atoms. The highest BCUT2D eigenvalue weighted by molar-refractivity contribution is 7.89. The molecule has 0 radical (unpaired) electrons. The summed E-state index contributed by atoms with van der Waals surface area (Å²) in [5.41, 5.74) is 1.03. The molecule has 0 saturated carbocycles. The molecule has 152 valence electrons. The first-order valence-electron chi connectivity index (χ1n) is 8.97. The number of carbonyl (C=O) groups is 1. The molecule has 0 saturated heterocycles. The molecule has 0 bridgehead atoms. The standard InChI is InChI=1S/C20H20FN3O3S2/c1-3-24(4-2)29(26,27)16-9-10-18(21)17(13-16)19(25)23-15-7-5-14(6-8-15)20-22-11-12-28-20/h5-13H,3-4H2,1-2H3,(H,23,25). The molecule has 0 unspecified atom stereocenters. The van der Waals surface area contributed by atoms with E-state index in [0.717, 1.165) is 22.7 Å². The Morgan fingerprint density at radius 2 is 1.83 bits per heavy atom. The first-order valence-corrected chi connectivity index (χ1v) is 11.3. The predicted molar refractivity (Wildman–Crippen MR) is 112 cm³/mol. The van der Waals surface area contributed by atoms with Crippen LogP contribution in [0.1, 0.15) is 24.2 Å². The number of carbonyl (C=O) groups excluding carboxylic acids is 1. The number of nitrogens with zero attached hydrogens (tertiary/aromatic N) is 2. The molecule has 1 amide bonds. The van der Waals surface area contributed by atoms with Gasteiger partial charge in [-0.1, -0.05) is 13.8 Å². The second-order valence-corrected chi connectivity index (χ2v) is 8.93. The molecule has 3 rings (SSSR count). The van der Waals surface area contributed by atoms with E-state index in [9.17, 15) is 17.6 Å². The summed E-state index contributed by atoms with van der Waals surface area (Å²) in [5.74, 6) is -1.51. The SMILES string of the molecule is CCN(CC)S(=O)(=O)c1ccc(F)c(C(=O)Nc2ccc(-c3nccs3)cc2)c1. The molecule has 0 aliphatic carbocycles. The van der Waals surface area contributed by atoms with Crippen molar-refractivity contribution in [1.29, 1.82) is 0 Å². The lowest BCUT2D eigenvalue weighted by atomic mass is 10.1. The van der Waals surface area contributed by atoms with E-state index in [1.165, 1.54) is 21.7 Å². The topological polar surface area (TPSA) is 79.4 Å². The van der Waals surface area contributed by atoms with E-state index in [-0.39, 0.29) is 23.5 Å². The number of aromatic nitrogens is 1. The smallest absolute Gasteiger partial charge is 0.258 e. The van der Waals surface area contributed by atoms with E-state index in [2.05, 4.69) is 10.3 Å². The van der Waals surface area contributed by atoms with E-state index in [0.29, 0.717) is 5.69 Å². The van der Waals surface area contributed by atoms with Crippen LogP contribution in [0.15, 0.2) is 58.9 Å². The number of halogens is 1. The molecule has 2 aromatic carbocycles. The van der Waals surface area contributed by atoms with E-state index in [1.807, 2.05) is 5.38 Å². The number of anilines is 1. The van der Waals surface area contributed by atoms with Gasteiger partial charge in [-0.15, -0.1) is 11.3 Å². The van der Waals surface area contributed by atoms with Crippen LogP contribution in [0.25, 0.3) is 10.6 Å². The summed E-state index contributed by atoms with van der Waals surface area (Å²) in [6, 6.07) is 10.2. The average Bonchev–Trinajstić information content (AvgIpc) is 3.24. The summed E-state index contributed by atoms with van der Waals surface area (Å²) in [5, 5.41) is 5.32. The van der Waals surface area contributed by atoms with Crippen LogP contribution in [0.4, 0.5) is 10.1 Å². The van der Waals surface area contributed by atoms with Crippen molar-refractivity contribution in [3.05, 3.63) is 65.4 Å². The fourth-order valence-corrected chi connectivity index (χ4v) is 4.94. The van der Waals surface area contributed by atoms with Crippen LogP contribution in [-0.2, 0) is 10.0 Å². The van der Waals surface area contributed by atoms with Gasteiger partial charge in [-0.25, -0.2) is 17.8 Å². The Bertz CT molecular complexity index is 1090. The third-order valence-corrected chi connectivity index (χ3v) is 7.22. The number of amides is 1. The van der Waals surface area contributed by atoms with Crippen molar-refractivity contribution in [3.63, 3.8) is 0 Å². The lowest BCUT2D eigenvalue weighted by Crippen LogP contribution is -2.31. The van der Waals surface area contributed by atoms with Crippen molar-refractivity contribution in [3.8, 4) is 10.6 Å². The van der Waals surface area contributed by atoms with Crippen LogP contribution in [0.2, 0.25) is 0 Å². The lowest BCUT2D eigenvalue weighted by Gasteiger charge is -2.19. The lowest BCUT2D eigenvalue weighted by molar-refractivity contribution is 0.102. The molecule has 29 heavy (non-hydrogen) atoms. The Hall–Kier alpha value is -2.62. The van der Waals surface area contributed by atoms with Gasteiger partial charge in [0.1, 0.15) is 10.8 Å². The Balaban J connectivity index is 1.84. The van der Waals surface area contributed by atoms with Crippen molar-refractivity contribution in [2.45, 2.75) is 18.7 Å². The Morgan fingerprint density at radius 3 is 2.41 bits per heavy atom. The molecule has 0 aliphatic rings. The zero-order chi connectivity index (χ0) is 21.0. The van der Waals surface area contributed by atoms with Crippen LogP contribution in [-0.4, -0.2) is 36.7 Å². The molecule has 1 aromatic heterocycles. The minimum atomic E-state index is -3.80. The third-order valence-electron chi connectivity index (χ3n) is 4.35. The van der Waals surface area contributed by atoms with Crippen molar-refractivity contribution in [1.82, 2.24) is 9.29 Å². The zero-order valence-corrected chi connectivity index (χ0v) is 17.6. The van der Waals surface area contributed by atoms with Gasteiger partial charge in [0.2, 0.25) is 10.0 Å². The average molecular weight is 434 g/mol. The molecule has 0 fully saturated rings. The number of nitrogens with one attached hydrogen (secondary N) is 1. The second kappa shape index (κ2) is 8.81. The molecule has 9 heteroatoms. The Morgan fingerprint density at radius 1 is 1.14 bits per heavy atom. The van der Waals surface area contributed by atoms with Crippen molar-refractivity contribution >= 4 is 33.0 Å². The first kappa shape index (κ1) is 21.1. The van der Waals surface area contributed by atoms with Crippen LogP contribution >= 0.6 is 11.3 Å². The minimum absolute atomic E-state index is 0.119. The van der Waals surface area contributed by atoms with Crippen LogP contribution in [0, 0.1) is 5.82 Å². The molecular weight excluding hydrogens is 413 g/mol. The number of sulfonamides is 1. The molecule has 0 aliphatic heterocycles. The fourth-order valence-electron chi connectivity index (χ4n) is 2.81. The highest BCUT2D eigenvalue weighted by Crippen LogP contribution is 2.24. The summed E-state index contributed by atoms with van der Waals surface area (Å²) in [7, 11) is -3.80. The number of benzene rings is 2. The Kier molecular flexibility index (Phi) is 6.41. The van der Waals surface area contributed by atoms with Gasteiger partial charge >= 0.3 is 0 Å². The van der Waals surface area contributed by atoms with Gasteiger partial charge < -0.3 is 5.32 Å². The maximum Gasteiger partial charge on any atom is 0.258 e. The maximum absolute atomic E-state index is 14.2. The highest BCUT2D eigenvalue weighted by atomic mass is 32.2. The minimum Gasteiger partial charge on any atom is -0.322 e. The molecular formula is C20H20FN3O3S2. The normalized spacial score (nSPS) is 11.6. The van der Waals surface area contributed by atoms with Gasteiger partial charge in [0.05, 0.1) is 10.5 Å². The fraction of sp³-hybridized carbons (Fsp3) is 0.200. The summed E-state index contributed by atoms with van der Waals surface area (Å²) < 4.78 is 40.8. The number of thiazole rings is 1. The zero-order valence-electron chi connectivity index (χ0n) is 15.9. The maximum atomic E-state index is 14.2. The van der Waals surface area contributed by atoms with Gasteiger partial charge in [0.15, 0.2) is 0 Å². The first-order chi connectivity index (χ1) is 13.9. The van der Waals surface area contributed by atoms with Gasteiger partial charge in [-0.2, -0.15) is 4.31 Å². The number of rotatable bonds is 7. The van der Waals surface area contributed by atoms with Gasteiger partial charge in [-0.3, -0.25) is 4.79 Å². The summed E-state index contributed by atoms with van der Waals surface area (Å²) >= 11 is 1.50. The second-order valence-electron chi connectivity index (χ2n) is 6.10. The van der Waals surface area contributed by atoms with Crippen molar-refractivity contribution in [2.24, 2.45) is 0 Å². The van der Waals surface area contributed by atoms with E-state index < -0.39 is 21.7 Å². The van der Waals surface area contributed by atoms with Crippen LogP contribution < -0.4 is 5.32 Å². The third kappa shape index (κ3) is 4.52. The van der Waals surface area contributed by atoms with E-state index in [4.69, 9.17) is 0 Å². The Labute approximate surface area is 173 Å². The monoisotopic (exact) mass is 433 g/mol. The van der Waals surface area contributed by atoms with Gasteiger partial charge in [-0.05, 0) is 42.5 Å². The van der Waals surface area contributed by atoms with Gasteiger partial charge in [0.25, 0.3) is 5.91 Å². The van der Waals surface area contributed by atoms with Crippen molar-refractivity contribution < 1.29 is 17.6 Å². The van der Waals surface area contributed by atoms with E-state index >= 15 is 0 Å². The predicted octanol–water partition coefficient (Wildman–Crippen LogP) is 4.23.